The van der Waals surface area contributed by atoms with Crippen LogP contribution in [0.15, 0.2) is 0 Å². The Morgan fingerprint density at radius 1 is 1.32 bits per heavy atom. The molecule has 0 radical (unpaired) electrons. The van der Waals surface area contributed by atoms with Crippen molar-refractivity contribution < 1.29 is 33.4 Å². The lowest BCUT2D eigenvalue weighted by Crippen LogP contribution is -2.60. The second kappa shape index (κ2) is 4.64. The Kier molecular flexibility index (Phi) is 3.30. The van der Waals surface area contributed by atoms with E-state index in [1.54, 1.807) is 0 Å². The van der Waals surface area contributed by atoms with E-state index in [1.165, 1.54) is 14.2 Å². The minimum absolute atomic E-state index is 0.0238. The standard InChI is InChI=1S/C12H14O7/c1-17-9(14)5-12-4-7(10(15)18-2)6(3-8(12)13)11(16)19-12/h6-7H,3-5H2,1-2H3/t6-,7+,12+/m0/s1. The highest BCUT2D eigenvalue weighted by Crippen LogP contribution is 2.45. The summed E-state index contributed by atoms with van der Waals surface area (Å²) in [5.74, 6) is -3.76. The highest BCUT2D eigenvalue weighted by molar-refractivity contribution is 6.02. The van der Waals surface area contributed by atoms with Crippen molar-refractivity contribution in [3.63, 3.8) is 0 Å². The number of carbonyl (C=O) groups excluding carboxylic acids is 4. The molecule has 0 aromatic carbocycles. The van der Waals surface area contributed by atoms with E-state index in [9.17, 15) is 19.2 Å². The molecule has 1 saturated carbocycles. The zero-order chi connectivity index (χ0) is 14.2. The average Bonchev–Trinajstić information content (AvgIpc) is 2.39. The maximum Gasteiger partial charge on any atom is 0.311 e. The molecule has 0 aromatic rings. The highest BCUT2D eigenvalue weighted by Gasteiger charge is 2.61. The maximum absolute atomic E-state index is 12.0. The summed E-state index contributed by atoms with van der Waals surface area (Å²) in [6.45, 7) is 0. The molecule has 1 aliphatic carbocycles. The molecule has 0 aromatic heterocycles. The number of ketones is 1. The zero-order valence-corrected chi connectivity index (χ0v) is 10.6. The van der Waals surface area contributed by atoms with Crippen molar-refractivity contribution in [3.05, 3.63) is 0 Å². The summed E-state index contributed by atoms with van der Waals surface area (Å²) in [5.41, 5.74) is -1.57. The third-order valence-electron chi connectivity index (χ3n) is 3.71. The number of methoxy groups -OCH3 is 2. The molecule has 7 nitrogen and oxygen atoms in total. The first-order valence-corrected chi connectivity index (χ1v) is 5.84. The van der Waals surface area contributed by atoms with Gasteiger partial charge in [-0.15, -0.1) is 0 Å². The van der Waals surface area contributed by atoms with Crippen molar-refractivity contribution in [3.8, 4) is 0 Å². The molecule has 2 aliphatic heterocycles. The first kappa shape index (κ1) is 13.5. The molecule has 3 fully saturated rings. The molecule has 19 heavy (non-hydrogen) atoms. The minimum Gasteiger partial charge on any atom is -0.469 e. The Morgan fingerprint density at radius 3 is 2.58 bits per heavy atom. The van der Waals surface area contributed by atoms with Gasteiger partial charge in [0.1, 0.15) is 0 Å². The second-order valence-corrected chi connectivity index (χ2v) is 4.74. The number of esters is 3. The molecule has 3 aliphatic rings. The molecule has 7 heteroatoms. The van der Waals surface area contributed by atoms with Crippen LogP contribution >= 0.6 is 0 Å². The summed E-state index contributed by atoms with van der Waals surface area (Å²) >= 11 is 0. The number of carbonyl (C=O) groups is 4. The SMILES string of the molecule is COC(=O)C[C@]12C[C@@H](C(=O)OC)[C@H](CC1=O)C(=O)O2. The molecule has 0 N–H and O–H groups in total. The van der Waals surface area contributed by atoms with E-state index in [2.05, 4.69) is 9.47 Å². The van der Waals surface area contributed by atoms with Gasteiger partial charge >= 0.3 is 17.9 Å². The van der Waals surface area contributed by atoms with Crippen LogP contribution in [0.5, 0.6) is 0 Å². The largest absolute Gasteiger partial charge is 0.469 e. The summed E-state index contributed by atoms with van der Waals surface area (Å²) < 4.78 is 14.2. The van der Waals surface area contributed by atoms with E-state index in [0.717, 1.165) is 0 Å². The van der Waals surface area contributed by atoms with E-state index >= 15 is 0 Å². The van der Waals surface area contributed by atoms with Gasteiger partial charge in [0.25, 0.3) is 0 Å². The van der Waals surface area contributed by atoms with Gasteiger partial charge in [0, 0.05) is 12.8 Å². The smallest absolute Gasteiger partial charge is 0.311 e. The van der Waals surface area contributed by atoms with E-state index < -0.39 is 35.3 Å². The predicted octanol–water partition coefficient (Wildman–Crippen LogP) is -0.387. The van der Waals surface area contributed by atoms with Crippen molar-refractivity contribution in [1.82, 2.24) is 0 Å². The van der Waals surface area contributed by atoms with Crippen molar-refractivity contribution in [1.29, 1.82) is 0 Å². The quantitative estimate of drug-likeness (QED) is 0.509. The third kappa shape index (κ3) is 2.09. The van der Waals surface area contributed by atoms with Crippen molar-refractivity contribution in [2.24, 2.45) is 11.8 Å². The molecule has 0 unspecified atom stereocenters. The number of ether oxygens (including phenoxy) is 3. The van der Waals surface area contributed by atoms with Crippen LogP contribution in [0.25, 0.3) is 0 Å². The fraction of sp³-hybridized carbons (Fsp3) is 0.667. The lowest BCUT2D eigenvalue weighted by molar-refractivity contribution is -0.204. The van der Waals surface area contributed by atoms with Crippen LogP contribution in [-0.4, -0.2) is 43.5 Å². The Labute approximate surface area is 109 Å². The van der Waals surface area contributed by atoms with Crippen molar-refractivity contribution >= 4 is 23.7 Å². The predicted molar refractivity (Wildman–Crippen MR) is 58.7 cm³/mol. The van der Waals surface area contributed by atoms with Gasteiger partial charge in [-0.3, -0.25) is 19.2 Å². The number of hydrogen-bond acceptors (Lipinski definition) is 7. The second-order valence-electron chi connectivity index (χ2n) is 4.74. The van der Waals surface area contributed by atoms with Crippen LogP contribution in [0.1, 0.15) is 19.3 Å². The lowest BCUT2D eigenvalue weighted by atomic mass is 9.66. The fourth-order valence-corrected chi connectivity index (χ4v) is 2.66. The normalized spacial score (nSPS) is 32.7. The highest BCUT2D eigenvalue weighted by atomic mass is 16.6. The van der Waals surface area contributed by atoms with Gasteiger partial charge in [-0.05, 0) is 0 Å². The van der Waals surface area contributed by atoms with E-state index in [0.29, 0.717) is 0 Å². The van der Waals surface area contributed by atoms with Crippen LogP contribution < -0.4 is 0 Å². The summed E-state index contributed by atoms with van der Waals surface area (Å²) in [6, 6.07) is 0. The fourth-order valence-electron chi connectivity index (χ4n) is 2.66. The van der Waals surface area contributed by atoms with E-state index in [1.807, 2.05) is 0 Å². The van der Waals surface area contributed by atoms with Gasteiger partial charge in [0.2, 0.25) is 0 Å². The molecule has 2 saturated heterocycles. The van der Waals surface area contributed by atoms with E-state index in [-0.39, 0.29) is 25.0 Å². The number of hydrogen-bond donors (Lipinski definition) is 0. The van der Waals surface area contributed by atoms with Gasteiger partial charge in [0.05, 0.1) is 32.5 Å². The zero-order valence-electron chi connectivity index (χ0n) is 10.6. The van der Waals surface area contributed by atoms with Gasteiger partial charge in [0.15, 0.2) is 11.4 Å². The average molecular weight is 270 g/mol. The van der Waals surface area contributed by atoms with E-state index in [4.69, 9.17) is 4.74 Å². The van der Waals surface area contributed by atoms with Crippen LogP contribution in [0.3, 0.4) is 0 Å². The summed E-state index contributed by atoms with van der Waals surface area (Å²) in [4.78, 5) is 46.8. The maximum atomic E-state index is 12.0. The summed E-state index contributed by atoms with van der Waals surface area (Å²) in [6.07, 6.45) is -0.492. The molecule has 104 valence electrons. The van der Waals surface area contributed by atoms with Crippen molar-refractivity contribution in [2.45, 2.75) is 24.9 Å². The topological polar surface area (TPSA) is 96.0 Å². The van der Waals surface area contributed by atoms with Crippen LogP contribution in [0.2, 0.25) is 0 Å². The van der Waals surface area contributed by atoms with Gasteiger partial charge in [-0.25, -0.2) is 0 Å². The molecule has 0 amide bonds. The molecule has 2 bridgehead atoms. The molecule has 3 atom stereocenters. The van der Waals surface area contributed by atoms with Crippen LogP contribution in [0.4, 0.5) is 0 Å². The van der Waals surface area contributed by atoms with Gasteiger partial charge < -0.3 is 14.2 Å². The van der Waals surface area contributed by atoms with Crippen LogP contribution in [0, 0.1) is 11.8 Å². The first-order chi connectivity index (χ1) is 8.93. The van der Waals surface area contributed by atoms with Crippen LogP contribution in [-0.2, 0) is 33.4 Å². The van der Waals surface area contributed by atoms with Gasteiger partial charge in [-0.1, -0.05) is 0 Å². The Bertz CT molecular complexity index is 455. The summed E-state index contributed by atoms with van der Waals surface area (Å²) in [7, 11) is 2.39. The molecular formula is C12H14O7. The first-order valence-electron chi connectivity index (χ1n) is 5.84. The lowest BCUT2D eigenvalue weighted by Gasteiger charge is -2.46. The number of Topliss-reactive ketones (excluding diaryl/α,β-unsaturated/α-hetero) is 1. The number of rotatable bonds is 3. The Hall–Kier alpha value is -1.92. The van der Waals surface area contributed by atoms with Crippen molar-refractivity contribution in [2.75, 3.05) is 14.2 Å². The van der Waals surface area contributed by atoms with Gasteiger partial charge in [-0.2, -0.15) is 0 Å². The molecule has 0 spiro atoms. The summed E-state index contributed by atoms with van der Waals surface area (Å²) in [5, 5.41) is 0. The third-order valence-corrected chi connectivity index (χ3v) is 3.71. The minimum atomic E-state index is -1.57. The Balaban J connectivity index is 2.30. The Morgan fingerprint density at radius 2 is 2.00 bits per heavy atom. The molecule has 3 rings (SSSR count). The number of fused-ring (bicyclic) bond motifs is 3. The monoisotopic (exact) mass is 270 g/mol. The molecular weight excluding hydrogens is 256 g/mol. The molecule has 2 heterocycles.